The molecule has 88 valence electrons. The third-order valence-corrected chi connectivity index (χ3v) is 2.40. The van der Waals surface area contributed by atoms with Gasteiger partial charge < -0.3 is 4.98 Å². The van der Waals surface area contributed by atoms with Crippen LogP contribution in [-0.4, -0.2) is 9.97 Å². The minimum atomic E-state index is -4.35. The van der Waals surface area contributed by atoms with Crippen LogP contribution in [0.4, 0.5) is 13.2 Å². The van der Waals surface area contributed by atoms with Gasteiger partial charge >= 0.3 is 6.18 Å². The molecule has 0 spiro atoms. The number of H-pyrrole nitrogens is 1. The summed E-state index contributed by atoms with van der Waals surface area (Å²) in [7, 11) is 0. The van der Waals surface area contributed by atoms with Gasteiger partial charge in [0.25, 0.3) is 0 Å². The number of nitrogens with one attached hydrogen (secondary N) is 1. The first kappa shape index (κ1) is 11.8. The first-order valence-electron chi connectivity index (χ1n) is 4.69. The van der Waals surface area contributed by atoms with Crippen molar-refractivity contribution in [2.45, 2.75) is 6.18 Å². The highest BCUT2D eigenvalue weighted by Gasteiger charge is 2.30. The maximum Gasteiger partial charge on any atom is 0.416 e. The van der Waals surface area contributed by atoms with Crippen molar-refractivity contribution in [2.75, 3.05) is 0 Å². The predicted octanol–water partition coefficient (Wildman–Crippen LogP) is 3.82. The zero-order chi connectivity index (χ0) is 12.5. The molecule has 0 saturated heterocycles. The number of hydrogen-bond acceptors (Lipinski definition) is 2. The first-order chi connectivity index (χ1) is 7.97. The molecule has 1 aromatic carbocycles. The van der Waals surface area contributed by atoms with Crippen LogP contribution in [0.3, 0.4) is 0 Å². The Hall–Kier alpha value is -1.69. The molecule has 0 unspecified atom stereocenters. The first-order valence-corrected chi connectivity index (χ1v) is 5.10. The van der Waals surface area contributed by atoms with Gasteiger partial charge in [-0.25, -0.2) is 4.98 Å². The summed E-state index contributed by atoms with van der Waals surface area (Å²) in [4.78, 5) is 6.53. The minimum Gasteiger partial charge on any atom is -0.346 e. The zero-order valence-electron chi connectivity index (χ0n) is 8.45. The van der Waals surface area contributed by atoms with Crippen LogP contribution in [0.15, 0.2) is 36.7 Å². The molecule has 0 saturated carbocycles. The van der Waals surface area contributed by atoms with Crippen LogP contribution in [0.2, 0.25) is 0 Å². The molecule has 2 rings (SSSR count). The Bertz CT molecular complexity index is 590. The van der Waals surface area contributed by atoms with Crippen molar-refractivity contribution in [3.8, 4) is 11.3 Å². The number of halogens is 3. The van der Waals surface area contributed by atoms with E-state index in [0.29, 0.717) is 15.9 Å². The Labute approximate surface area is 100 Å². The van der Waals surface area contributed by atoms with E-state index >= 15 is 0 Å². The van der Waals surface area contributed by atoms with Crippen LogP contribution < -0.4 is 0 Å². The number of aromatic amines is 1. The summed E-state index contributed by atoms with van der Waals surface area (Å²) in [6, 6.07) is 6.55. The Morgan fingerprint density at radius 2 is 1.94 bits per heavy atom. The molecule has 2 aromatic rings. The van der Waals surface area contributed by atoms with Gasteiger partial charge in [-0.05, 0) is 23.8 Å². The standard InChI is InChI=1S/C11H7F3N2S/c12-11(13,14)8-3-1-2-7(4-8)9-5-10(17)16-6-15-9/h1-6H,(H,15,16,17). The van der Waals surface area contributed by atoms with Gasteiger partial charge in [-0.15, -0.1) is 0 Å². The Kier molecular flexibility index (Phi) is 2.97. The lowest BCUT2D eigenvalue weighted by atomic mass is 10.1. The molecule has 1 N–H and O–H groups in total. The molecular formula is C11H7F3N2S. The molecule has 1 aromatic heterocycles. The quantitative estimate of drug-likeness (QED) is 0.786. The third-order valence-electron chi connectivity index (χ3n) is 2.18. The van der Waals surface area contributed by atoms with Crippen molar-refractivity contribution in [2.24, 2.45) is 0 Å². The van der Waals surface area contributed by atoms with Gasteiger partial charge in [0.2, 0.25) is 0 Å². The average molecular weight is 256 g/mol. The lowest BCUT2D eigenvalue weighted by Gasteiger charge is -2.08. The molecule has 0 amide bonds. The van der Waals surface area contributed by atoms with Crippen molar-refractivity contribution in [3.05, 3.63) is 46.9 Å². The van der Waals surface area contributed by atoms with Crippen LogP contribution in [0.5, 0.6) is 0 Å². The number of aromatic nitrogens is 2. The molecule has 0 radical (unpaired) electrons. The number of rotatable bonds is 1. The maximum absolute atomic E-state index is 12.5. The molecule has 0 aliphatic carbocycles. The fourth-order valence-electron chi connectivity index (χ4n) is 1.40. The lowest BCUT2D eigenvalue weighted by Crippen LogP contribution is -2.04. The average Bonchev–Trinajstić information content (AvgIpc) is 2.28. The van der Waals surface area contributed by atoms with E-state index in [2.05, 4.69) is 9.97 Å². The maximum atomic E-state index is 12.5. The normalized spacial score (nSPS) is 11.5. The van der Waals surface area contributed by atoms with E-state index in [1.165, 1.54) is 18.5 Å². The van der Waals surface area contributed by atoms with E-state index < -0.39 is 11.7 Å². The zero-order valence-corrected chi connectivity index (χ0v) is 9.27. The van der Waals surface area contributed by atoms with E-state index in [-0.39, 0.29) is 0 Å². The SMILES string of the molecule is FC(F)(F)c1cccc(-c2cc(=S)nc[nH]2)c1. The Morgan fingerprint density at radius 1 is 1.18 bits per heavy atom. The summed E-state index contributed by atoms with van der Waals surface area (Å²) in [6.07, 6.45) is -2.99. The summed E-state index contributed by atoms with van der Waals surface area (Å²) in [5, 5.41) is 0. The van der Waals surface area contributed by atoms with E-state index in [9.17, 15) is 13.2 Å². The monoisotopic (exact) mass is 256 g/mol. The molecule has 6 heteroatoms. The Balaban J connectivity index is 2.51. The fraction of sp³-hybridized carbons (Fsp3) is 0.0909. The fourth-order valence-corrected chi connectivity index (χ4v) is 1.57. The van der Waals surface area contributed by atoms with Crippen LogP contribution in [0.1, 0.15) is 5.56 Å². The highest BCUT2D eigenvalue weighted by atomic mass is 32.1. The molecule has 0 aliphatic rings. The lowest BCUT2D eigenvalue weighted by molar-refractivity contribution is -0.137. The topological polar surface area (TPSA) is 28.7 Å². The third kappa shape index (κ3) is 2.71. The van der Waals surface area contributed by atoms with Gasteiger partial charge in [-0.3, -0.25) is 0 Å². The number of alkyl halides is 3. The van der Waals surface area contributed by atoms with E-state index in [0.717, 1.165) is 12.1 Å². The van der Waals surface area contributed by atoms with Crippen LogP contribution in [-0.2, 0) is 6.18 Å². The second kappa shape index (κ2) is 4.29. The minimum absolute atomic E-state index is 0.330. The summed E-state index contributed by atoms with van der Waals surface area (Å²) in [5.74, 6) is 0. The van der Waals surface area contributed by atoms with Gasteiger partial charge in [-0.2, -0.15) is 13.2 Å². The molecule has 1 heterocycles. The van der Waals surface area contributed by atoms with Crippen molar-refractivity contribution >= 4 is 12.2 Å². The highest BCUT2D eigenvalue weighted by molar-refractivity contribution is 7.71. The smallest absolute Gasteiger partial charge is 0.346 e. The van der Waals surface area contributed by atoms with Crippen molar-refractivity contribution in [1.82, 2.24) is 9.97 Å². The van der Waals surface area contributed by atoms with Crippen molar-refractivity contribution in [1.29, 1.82) is 0 Å². The van der Waals surface area contributed by atoms with Gasteiger partial charge in [0, 0.05) is 5.69 Å². The van der Waals surface area contributed by atoms with Crippen LogP contribution in [0.25, 0.3) is 11.3 Å². The number of hydrogen-bond donors (Lipinski definition) is 1. The van der Waals surface area contributed by atoms with Crippen molar-refractivity contribution < 1.29 is 13.2 Å². The summed E-state index contributed by atoms with van der Waals surface area (Å²) in [6.45, 7) is 0. The molecule has 0 aliphatic heterocycles. The van der Waals surface area contributed by atoms with Gasteiger partial charge in [0.05, 0.1) is 11.9 Å². The number of benzene rings is 1. The second-order valence-corrected chi connectivity index (χ2v) is 3.80. The summed E-state index contributed by atoms with van der Waals surface area (Å²) in [5.41, 5.74) is 0.246. The summed E-state index contributed by atoms with van der Waals surface area (Å²) >= 11 is 4.85. The second-order valence-electron chi connectivity index (χ2n) is 3.38. The molecule has 0 atom stereocenters. The van der Waals surface area contributed by atoms with Gasteiger partial charge in [-0.1, -0.05) is 24.4 Å². The van der Waals surface area contributed by atoms with Crippen LogP contribution in [0, 0.1) is 4.64 Å². The highest BCUT2D eigenvalue weighted by Crippen LogP contribution is 2.31. The molecule has 0 bridgehead atoms. The van der Waals surface area contributed by atoms with Crippen LogP contribution >= 0.6 is 12.2 Å². The predicted molar refractivity (Wildman–Crippen MR) is 59.9 cm³/mol. The number of nitrogens with zero attached hydrogens (tertiary/aromatic N) is 1. The molecule has 17 heavy (non-hydrogen) atoms. The molecular weight excluding hydrogens is 249 g/mol. The summed E-state index contributed by atoms with van der Waals surface area (Å²) < 4.78 is 37.9. The van der Waals surface area contributed by atoms with Gasteiger partial charge in [0.15, 0.2) is 0 Å². The Morgan fingerprint density at radius 3 is 2.59 bits per heavy atom. The van der Waals surface area contributed by atoms with E-state index in [1.807, 2.05) is 0 Å². The van der Waals surface area contributed by atoms with E-state index in [1.54, 1.807) is 6.07 Å². The van der Waals surface area contributed by atoms with Gasteiger partial charge in [0.1, 0.15) is 4.64 Å². The molecule has 0 fully saturated rings. The largest absolute Gasteiger partial charge is 0.416 e. The van der Waals surface area contributed by atoms with E-state index in [4.69, 9.17) is 12.2 Å². The van der Waals surface area contributed by atoms with Crippen molar-refractivity contribution in [3.63, 3.8) is 0 Å². The molecule has 2 nitrogen and oxygen atoms in total.